The van der Waals surface area contributed by atoms with Crippen LogP contribution in [0.1, 0.15) is 37.6 Å². The molecule has 5 heterocycles. The quantitative estimate of drug-likeness (QED) is 0.542. The van der Waals surface area contributed by atoms with Crippen LogP contribution >= 0.6 is 11.3 Å². The molecule has 2 aliphatic heterocycles. The van der Waals surface area contributed by atoms with Crippen LogP contribution in [-0.4, -0.2) is 60.1 Å². The second-order valence-corrected chi connectivity index (χ2v) is 12.6. The molecule has 0 unspecified atom stereocenters. The fourth-order valence-corrected chi connectivity index (χ4v) is 6.83. The average molecular weight is 529 g/mol. The molecule has 3 aliphatic rings. The van der Waals surface area contributed by atoms with Crippen LogP contribution in [-0.2, 0) is 20.9 Å². The van der Waals surface area contributed by atoms with Crippen molar-refractivity contribution in [2.24, 2.45) is 5.41 Å². The fraction of sp³-hybridized carbons (Fsp3) is 0.571. The Bertz CT molecular complexity index is 1400. The second-order valence-electron chi connectivity index (χ2n) is 9.96. The molecule has 0 aromatic carbocycles. The maximum absolute atomic E-state index is 13.3. The summed E-state index contributed by atoms with van der Waals surface area (Å²) < 4.78 is 75.7. The van der Waals surface area contributed by atoms with E-state index in [9.17, 15) is 21.6 Å². The van der Waals surface area contributed by atoms with Gasteiger partial charge in [-0.15, -0.1) is 10.2 Å². The molecule has 9 nitrogen and oxygen atoms in total. The lowest BCUT2D eigenvalue weighted by atomic mass is 9.77. The standard InChI is InChI=1S/C21H23F3N6O3S2/c1-19(2-3-19)28-35(31,32)13-8-15-14(17-26-27-18(34-17)21(22,23)24)10-25-30(15)16(9-13)29-6-4-20(5-7-29)11-33-12-20/h8-10,28H,2-7,11-12H2,1H3. The molecule has 1 N–H and O–H groups in total. The summed E-state index contributed by atoms with van der Waals surface area (Å²) in [6, 6.07) is 3.04. The molecule has 1 saturated carbocycles. The number of alkyl halides is 3. The Balaban J connectivity index is 1.45. The number of nitrogens with zero attached hydrogens (tertiary/aromatic N) is 5. The van der Waals surface area contributed by atoms with Crippen LogP contribution in [0.15, 0.2) is 23.2 Å². The number of pyridine rings is 1. The van der Waals surface area contributed by atoms with Crippen molar-refractivity contribution in [2.45, 2.75) is 49.2 Å². The van der Waals surface area contributed by atoms with E-state index in [1.165, 1.54) is 12.3 Å². The van der Waals surface area contributed by atoms with Crippen molar-refractivity contribution in [3.8, 4) is 10.6 Å². The van der Waals surface area contributed by atoms with E-state index in [1.54, 1.807) is 10.6 Å². The Hall–Kier alpha value is -2.29. The normalized spacial score (nSPS) is 21.4. The van der Waals surface area contributed by atoms with Crippen molar-refractivity contribution < 1.29 is 26.3 Å². The van der Waals surface area contributed by atoms with Gasteiger partial charge in [0.2, 0.25) is 15.0 Å². The van der Waals surface area contributed by atoms with Gasteiger partial charge in [-0.05, 0) is 38.7 Å². The van der Waals surface area contributed by atoms with Crippen LogP contribution in [0.5, 0.6) is 0 Å². The average Bonchev–Trinajstić information content (AvgIpc) is 3.17. The molecule has 0 bridgehead atoms. The number of nitrogens with one attached hydrogen (secondary N) is 1. The summed E-state index contributed by atoms with van der Waals surface area (Å²) in [6.07, 6.45) is 0.109. The Morgan fingerprint density at radius 1 is 1.11 bits per heavy atom. The van der Waals surface area contributed by atoms with Gasteiger partial charge < -0.3 is 9.64 Å². The predicted octanol–water partition coefficient (Wildman–Crippen LogP) is 3.32. The maximum Gasteiger partial charge on any atom is 0.445 e. The lowest BCUT2D eigenvalue weighted by Crippen LogP contribution is -2.51. The second kappa shape index (κ2) is 7.60. The van der Waals surface area contributed by atoms with E-state index < -0.39 is 26.7 Å². The number of ether oxygens (including phenoxy) is 1. The van der Waals surface area contributed by atoms with E-state index in [0.717, 1.165) is 38.9 Å². The molecule has 0 radical (unpaired) electrons. The number of piperidine rings is 1. The van der Waals surface area contributed by atoms with Gasteiger partial charge in [0.05, 0.1) is 35.4 Å². The van der Waals surface area contributed by atoms with Crippen molar-refractivity contribution in [3.05, 3.63) is 23.3 Å². The number of rotatable bonds is 5. The number of hydrogen-bond donors (Lipinski definition) is 1. The highest BCUT2D eigenvalue weighted by Crippen LogP contribution is 2.42. The zero-order valence-corrected chi connectivity index (χ0v) is 20.4. The number of anilines is 1. The molecular formula is C21H23F3N6O3S2. The van der Waals surface area contributed by atoms with Crippen molar-refractivity contribution in [1.82, 2.24) is 24.5 Å². The summed E-state index contributed by atoms with van der Waals surface area (Å²) in [7, 11) is -3.87. The number of sulfonamides is 1. The summed E-state index contributed by atoms with van der Waals surface area (Å²) in [4.78, 5) is 2.12. The number of halogens is 3. The first kappa shape index (κ1) is 23.1. The van der Waals surface area contributed by atoms with Gasteiger partial charge in [-0.1, -0.05) is 11.3 Å². The van der Waals surface area contributed by atoms with Gasteiger partial charge in [0, 0.05) is 30.1 Å². The van der Waals surface area contributed by atoms with Crippen LogP contribution < -0.4 is 9.62 Å². The molecule has 3 aromatic heterocycles. The zero-order valence-electron chi connectivity index (χ0n) is 18.8. The van der Waals surface area contributed by atoms with Gasteiger partial charge in [-0.3, -0.25) is 0 Å². The minimum Gasteiger partial charge on any atom is -0.380 e. The molecule has 1 spiro atoms. The minimum atomic E-state index is -4.61. The van der Waals surface area contributed by atoms with Crippen molar-refractivity contribution in [2.75, 3.05) is 31.2 Å². The highest BCUT2D eigenvalue weighted by molar-refractivity contribution is 7.89. The lowest BCUT2D eigenvalue weighted by molar-refractivity contribution is -0.138. The van der Waals surface area contributed by atoms with Crippen molar-refractivity contribution in [3.63, 3.8) is 0 Å². The smallest absolute Gasteiger partial charge is 0.380 e. The summed E-state index contributed by atoms with van der Waals surface area (Å²) in [6.45, 7) is 4.70. The van der Waals surface area contributed by atoms with Crippen molar-refractivity contribution in [1.29, 1.82) is 0 Å². The molecule has 14 heteroatoms. The van der Waals surface area contributed by atoms with E-state index in [4.69, 9.17) is 4.74 Å². The van der Waals surface area contributed by atoms with Crippen LogP contribution in [0.2, 0.25) is 0 Å². The molecule has 0 amide bonds. The largest absolute Gasteiger partial charge is 0.445 e. The summed E-state index contributed by atoms with van der Waals surface area (Å²) >= 11 is 0.404. The summed E-state index contributed by atoms with van der Waals surface area (Å²) in [5.74, 6) is 0.575. The Kier molecular flexibility index (Phi) is 5.03. The fourth-order valence-electron chi connectivity index (χ4n) is 4.60. The first-order valence-electron chi connectivity index (χ1n) is 11.3. The van der Waals surface area contributed by atoms with Crippen LogP contribution in [0.25, 0.3) is 16.1 Å². The number of fused-ring (bicyclic) bond motifs is 1. The molecule has 3 fully saturated rings. The van der Waals surface area contributed by atoms with E-state index >= 15 is 0 Å². The van der Waals surface area contributed by atoms with Gasteiger partial charge in [0.25, 0.3) is 0 Å². The number of hydrogen-bond acceptors (Lipinski definition) is 8. The molecule has 6 rings (SSSR count). The topological polar surface area (TPSA) is 102 Å². The highest BCUT2D eigenvalue weighted by atomic mass is 32.2. The van der Waals surface area contributed by atoms with Crippen LogP contribution in [0, 0.1) is 5.41 Å². The summed E-state index contributed by atoms with van der Waals surface area (Å²) in [5.41, 5.74) is 0.365. The van der Waals surface area contributed by atoms with Crippen LogP contribution in [0.3, 0.4) is 0 Å². The lowest BCUT2D eigenvalue weighted by Gasteiger charge is -2.47. The van der Waals surface area contributed by atoms with Gasteiger partial charge >= 0.3 is 6.18 Å². The monoisotopic (exact) mass is 528 g/mol. The molecule has 3 aromatic rings. The van der Waals surface area contributed by atoms with Gasteiger partial charge in [-0.2, -0.15) is 18.3 Å². The van der Waals surface area contributed by atoms with E-state index in [-0.39, 0.29) is 15.3 Å². The van der Waals surface area contributed by atoms with Crippen LogP contribution in [0.4, 0.5) is 19.0 Å². The molecule has 2 saturated heterocycles. The third kappa shape index (κ3) is 4.09. The highest BCUT2D eigenvalue weighted by Gasteiger charge is 2.43. The third-order valence-electron chi connectivity index (χ3n) is 7.13. The minimum absolute atomic E-state index is 0.0270. The zero-order chi connectivity index (χ0) is 24.6. The van der Waals surface area contributed by atoms with E-state index in [1.807, 2.05) is 6.92 Å². The van der Waals surface area contributed by atoms with E-state index in [2.05, 4.69) is 24.9 Å². The summed E-state index contributed by atoms with van der Waals surface area (Å²) in [5, 5.41) is 10.4. The Labute approximate surface area is 203 Å². The first-order valence-corrected chi connectivity index (χ1v) is 13.6. The molecule has 35 heavy (non-hydrogen) atoms. The maximum atomic E-state index is 13.3. The molecule has 188 valence electrons. The Morgan fingerprint density at radius 2 is 1.83 bits per heavy atom. The van der Waals surface area contributed by atoms with Gasteiger partial charge in [-0.25, -0.2) is 17.7 Å². The molecule has 0 atom stereocenters. The van der Waals surface area contributed by atoms with Gasteiger partial charge in [0.1, 0.15) is 5.82 Å². The SMILES string of the molecule is CC1(NS(=O)(=O)c2cc(N3CCC4(CC3)COC4)n3ncc(-c4nnc(C(F)(F)F)s4)c3c2)CC1. The predicted molar refractivity (Wildman–Crippen MR) is 122 cm³/mol. The Morgan fingerprint density at radius 3 is 2.40 bits per heavy atom. The van der Waals surface area contributed by atoms with Gasteiger partial charge in [0.15, 0.2) is 5.01 Å². The molecular weight excluding hydrogens is 505 g/mol. The molecule has 1 aliphatic carbocycles. The number of aromatic nitrogens is 4. The van der Waals surface area contributed by atoms with E-state index in [0.29, 0.717) is 41.3 Å². The first-order chi connectivity index (χ1) is 16.5. The van der Waals surface area contributed by atoms with Crippen molar-refractivity contribution >= 4 is 32.7 Å². The third-order valence-corrected chi connectivity index (χ3v) is 9.75.